The standard InChI is InChI=1S/C13H19N3O6S2/c1-4-7-22-13(19)15-9(12(17)18)8-23-24-11(14-6-3)10(5-2)16(20)21/h5-6,9H,3-4,7-8H2,1-2H3,(H,15,19)(H,17,18)/b10-5+,14-11?. The molecule has 0 aromatic carbocycles. The van der Waals surface area contributed by atoms with E-state index < -0.39 is 23.0 Å². The maximum absolute atomic E-state index is 11.4. The molecule has 0 aromatic rings. The van der Waals surface area contributed by atoms with Gasteiger partial charge in [0, 0.05) is 12.0 Å². The molecule has 0 rings (SSSR count). The van der Waals surface area contributed by atoms with Gasteiger partial charge in [0.1, 0.15) is 6.04 Å². The maximum atomic E-state index is 11.4. The number of nitrogens with one attached hydrogen (secondary N) is 1. The predicted octanol–water partition coefficient (Wildman–Crippen LogP) is 2.68. The van der Waals surface area contributed by atoms with Gasteiger partial charge in [0.05, 0.1) is 11.5 Å². The van der Waals surface area contributed by atoms with Gasteiger partial charge in [-0.15, -0.1) is 0 Å². The van der Waals surface area contributed by atoms with E-state index >= 15 is 0 Å². The van der Waals surface area contributed by atoms with Crippen LogP contribution < -0.4 is 5.32 Å². The second-order valence-electron chi connectivity index (χ2n) is 4.09. The summed E-state index contributed by atoms with van der Waals surface area (Å²) in [6, 6.07) is -1.19. The van der Waals surface area contributed by atoms with Gasteiger partial charge >= 0.3 is 12.1 Å². The summed E-state index contributed by atoms with van der Waals surface area (Å²) in [7, 11) is 1.93. The first kappa shape index (κ1) is 22.0. The normalized spacial score (nSPS) is 13.1. The zero-order valence-electron chi connectivity index (χ0n) is 13.3. The number of ether oxygens (including phenoxy) is 1. The van der Waals surface area contributed by atoms with E-state index in [-0.39, 0.29) is 23.1 Å². The fraction of sp³-hybridized carbons (Fsp3) is 0.462. The first-order valence-electron chi connectivity index (χ1n) is 6.82. The van der Waals surface area contributed by atoms with Crippen molar-refractivity contribution < 1.29 is 24.4 Å². The molecule has 0 saturated heterocycles. The molecule has 0 heterocycles. The van der Waals surface area contributed by atoms with Crippen LogP contribution in [0.4, 0.5) is 4.79 Å². The zero-order chi connectivity index (χ0) is 18.5. The Kier molecular flexibility index (Phi) is 11.4. The zero-order valence-corrected chi connectivity index (χ0v) is 14.9. The molecule has 0 bridgehead atoms. The quantitative estimate of drug-likeness (QED) is 0.195. The number of rotatable bonds is 10. The van der Waals surface area contributed by atoms with Crippen LogP contribution in [0.15, 0.2) is 29.5 Å². The number of carboxylic acid groups (broad SMARTS) is 1. The van der Waals surface area contributed by atoms with Crippen molar-refractivity contribution in [2.45, 2.75) is 26.3 Å². The van der Waals surface area contributed by atoms with E-state index in [0.717, 1.165) is 27.8 Å². The average Bonchev–Trinajstić information content (AvgIpc) is 2.52. The summed E-state index contributed by atoms with van der Waals surface area (Å²) in [6.45, 7) is 6.87. The van der Waals surface area contributed by atoms with Gasteiger partial charge in [0.2, 0.25) is 0 Å². The molecule has 0 aliphatic rings. The van der Waals surface area contributed by atoms with Crippen LogP contribution in [0, 0.1) is 10.1 Å². The Balaban J connectivity index is 4.72. The monoisotopic (exact) mass is 377 g/mol. The Labute approximate surface area is 147 Å². The molecular weight excluding hydrogens is 358 g/mol. The molecular formula is C13H19N3O6S2. The third-order valence-electron chi connectivity index (χ3n) is 2.30. The van der Waals surface area contributed by atoms with E-state index in [0.29, 0.717) is 6.42 Å². The Hall–Kier alpha value is -2.01. The van der Waals surface area contributed by atoms with Gasteiger partial charge in [0.15, 0.2) is 5.04 Å². The molecule has 2 N–H and O–H groups in total. The van der Waals surface area contributed by atoms with Crippen LogP contribution >= 0.6 is 21.6 Å². The molecule has 9 nitrogen and oxygen atoms in total. The van der Waals surface area contributed by atoms with Crippen molar-refractivity contribution in [3.63, 3.8) is 0 Å². The lowest BCUT2D eigenvalue weighted by atomic mass is 10.3. The smallest absolute Gasteiger partial charge is 0.407 e. The number of carbonyl (C=O) groups excluding carboxylic acids is 1. The lowest BCUT2D eigenvalue weighted by Gasteiger charge is -2.13. The summed E-state index contributed by atoms with van der Waals surface area (Å²) in [5.74, 6) is -1.27. The minimum absolute atomic E-state index is 0.0356. The third kappa shape index (κ3) is 8.58. The highest BCUT2D eigenvalue weighted by Gasteiger charge is 2.23. The molecule has 1 atom stereocenters. The minimum atomic E-state index is -1.24. The SMILES string of the molecule is C=CN=C(SSCC(NC(=O)OCCC)C(=O)O)/C(=C\C)[N+](=O)[O-]. The Morgan fingerprint density at radius 1 is 1.54 bits per heavy atom. The van der Waals surface area contributed by atoms with Gasteiger partial charge in [-0.2, -0.15) is 0 Å². The fourth-order valence-corrected chi connectivity index (χ4v) is 3.50. The summed E-state index contributed by atoms with van der Waals surface area (Å²) in [6.07, 6.45) is 2.23. The number of nitro groups is 1. The Morgan fingerprint density at radius 2 is 2.21 bits per heavy atom. The molecule has 0 fully saturated rings. The van der Waals surface area contributed by atoms with Gasteiger partial charge in [0.25, 0.3) is 5.70 Å². The summed E-state index contributed by atoms with van der Waals surface area (Å²) in [5.41, 5.74) is -0.213. The fourth-order valence-electron chi connectivity index (χ4n) is 1.23. The van der Waals surface area contributed by atoms with Gasteiger partial charge in [-0.1, -0.05) is 24.3 Å². The molecule has 1 unspecified atom stereocenters. The van der Waals surface area contributed by atoms with Crippen LogP contribution in [0.3, 0.4) is 0 Å². The van der Waals surface area contributed by atoms with Gasteiger partial charge in [-0.3, -0.25) is 10.1 Å². The van der Waals surface area contributed by atoms with Gasteiger partial charge in [-0.05, 0) is 30.2 Å². The molecule has 24 heavy (non-hydrogen) atoms. The van der Waals surface area contributed by atoms with Crippen LogP contribution in [0.2, 0.25) is 0 Å². The second-order valence-corrected chi connectivity index (χ2v) is 6.42. The van der Waals surface area contributed by atoms with Crippen LogP contribution in [0.5, 0.6) is 0 Å². The molecule has 1 amide bonds. The lowest BCUT2D eigenvalue weighted by molar-refractivity contribution is -0.414. The first-order valence-corrected chi connectivity index (χ1v) is 9.14. The number of carbonyl (C=O) groups is 2. The van der Waals surface area contributed by atoms with Gasteiger partial charge in [-0.25, -0.2) is 14.6 Å². The molecule has 0 spiro atoms. The number of nitrogens with zero attached hydrogens (tertiary/aromatic N) is 2. The molecule has 134 valence electrons. The number of allylic oxidation sites excluding steroid dienone is 1. The first-order chi connectivity index (χ1) is 11.4. The average molecular weight is 377 g/mol. The molecule has 11 heteroatoms. The third-order valence-corrected chi connectivity index (χ3v) is 4.59. The number of amides is 1. The van der Waals surface area contributed by atoms with E-state index in [1.165, 1.54) is 13.0 Å². The number of carboxylic acids is 1. The van der Waals surface area contributed by atoms with Crippen LogP contribution in [0.1, 0.15) is 20.3 Å². The van der Waals surface area contributed by atoms with E-state index in [2.05, 4.69) is 16.9 Å². The van der Waals surface area contributed by atoms with Crippen molar-refractivity contribution in [3.8, 4) is 0 Å². The van der Waals surface area contributed by atoms with E-state index in [1.807, 2.05) is 6.92 Å². The topological polar surface area (TPSA) is 131 Å². The summed E-state index contributed by atoms with van der Waals surface area (Å²) in [5, 5.41) is 22.3. The lowest BCUT2D eigenvalue weighted by Crippen LogP contribution is -2.42. The van der Waals surface area contributed by atoms with Crippen molar-refractivity contribution in [2.24, 2.45) is 4.99 Å². The Bertz CT molecular complexity index is 536. The van der Waals surface area contributed by atoms with Crippen LogP contribution in [-0.2, 0) is 9.53 Å². The van der Waals surface area contributed by atoms with Crippen molar-refractivity contribution >= 4 is 38.7 Å². The van der Waals surface area contributed by atoms with Crippen molar-refractivity contribution in [1.29, 1.82) is 0 Å². The molecule has 0 radical (unpaired) electrons. The molecule has 0 aliphatic heterocycles. The second kappa shape index (κ2) is 12.4. The van der Waals surface area contributed by atoms with Gasteiger partial charge < -0.3 is 15.2 Å². The highest BCUT2D eigenvalue weighted by molar-refractivity contribution is 8.82. The minimum Gasteiger partial charge on any atom is -0.480 e. The Morgan fingerprint density at radius 3 is 2.67 bits per heavy atom. The highest BCUT2D eigenvalue weighted by Crippen LogP contribution is 2.28. The number of alkyl carbamates (subject to hydrolysis) is 1. The molecule has 0 saturated carbocycles. The van der Waals surface area contributed by atoms with Crippen LogP contribution in [-0.4, -0.2) is 45.5 Å². The van der Waals surface area contributed by atoms with E-state index in [1.54, 1.807) is 0 Å². The van der Waals surface area contributed by atoms with Crippen molar-refractivity contribution in [1.82, 2.24) is 5.32 Å². The molecule has 0 aromatic heterocycles. The predicted molar refractivity (Wildman–Crippen MR) is 94.6 cm³/mol. The summed E-state index contributed by atoms with van der Waals surface area (Å²) in [4.78, 5) is 36.7. The van der Waals surface area contributed by atoms with Crippen LogP contribution in [0.25, 0.3) is 0 Å². The number of hydrogen-bond acceptors (Lipinski definition) is 8. The number of aliphatic imine (C=N–C) groups is 1. The maximum Gasteiger partial charge on any atom is 0.407 e. The summed E-state index contributed by atoms with van der Waals surface area (Å²) >= 11 is 0. The summed E-state index contributed by atoms with van der Waals surface area (Å²) < 4.78 is 4.76. The van der Waals surface area contributed by atoms with E-state index in [9.17, 15) is 19.7 Å². The van der Waals surface area contributed by atoms with Crippen molar-refractivity contribution in [3.05, 3.63) is 34.7 Å². The molecule has 0 aliphatic carbocycles. The number of hydrogen-bond donors (Lipinski definition) is 2. The largest absolute Gasteiger partial charge is 0.480 e. The van der Waals surface area contributed by atoms with Crippen molar-refractivity contribution in [2.75, 3.05) is 12.4 Å². The highest BCUT2D eigenvalue weighted by atomic mass is 33.1. The van der Waals surface area contributed by atoms with E-state index in [4.69, 9.17) is 9.84 Å². The number of aliphatic carboxylic acids is 1.